The van der Waals surface area contributed by atoms with Gasteiger partial charge in [0.2, 0.25) is 5.91 Å². The van der Waals surface area contributed by atoms with Gasteiger partial charge in [0.1, 0.15) is 11.9 Å². The number of halogens is 2. The second-order valence-electron chi connectivity index (χ2n) is 9.41. The van der Waals surface area contributed by atoms with E-state index >= 15 is 0 Å². The molecule has 0 spiro atoms. The number of anilines is 1. The number of fused-ring (bicyclic) bond motifs is 1. The monoisotopic (exact) mass is 568 g/mol. The van der Waals surface area contributed by atoms with Crippen LogP contribution < -0.4 is 10.2 Å². The Balaban J connectivity index is 1.35. The molecule has 202 valence electrons. The Morgan fingerprint density at radius 3 is 2.41 bits per heavy atom. The number of carbonyl (C=O) groups is 2. The highest BCUT2D eigenvalue weighted by Gasteiger charge is 2.31. The van der Waals surface area contributed by atoms with Gasteiger partial charge in [-0.05, 0) is 35.9 Å². The Bertz CT molecular complexity index is 1650. The van der Waals surface area contributed by atoms with Crippen LogP contribution in [-0.2, 0) is 14.6 Å². The molecule has 1 saturated heterocycles. The van der Waals surface area contributed by atoms with Gasteiger partial charge in [-0.1, -0.05) is 48.0 Å². The van der Waals surface area contributed by atoms with E-state index in [1.54, 1.807) is 53.6 Å². The van der Waals surface area contributed by atoms with Crippen molar-refractivity contribution in [3.63, 3.8) is 0 Å². The average Bonchev–Trinajstić information content (AvgIpc) is 3.31. The van der Waals surface area contributed by atoms with E-state index in [0.717, 1.165) is 17.7 Å². The van der Waals surface area contributed by atoms with Crippen LogP contribution in [0.15, 0.2) is 77.8 Å². The van der Waals surface area contributed by atoms with Crippen molar-refractivity contribution in [3.8, 4) is 0 Å². The maximum absolute atomic E-state index is 13.8. The number of hydrogen-bond acceptors (Lipinski definition) is 5. The fourth-order valence-corrected chi connectivity index (χ4v) is 5.90. The van der Waals surface area contributed by atoms with Gasteiger partial charge in [-0.15, -0.1) is 0 Å². The maximum Gasteiger partial charge on any atom is 0.252 e. The zero-order valence-corrected chi connectivity index (χ0v) is 22.6. The Hall–Kier alpha value is -3.89. The van der Waals surface area contributed by atoms with Crippen molar-refractivity contribution in [1.82, 2.24) is 15.2 Å². The maximum atomic E-state index is 13.8. The number of nitrogens with one attached hydrogen (secondary N) is 2. The lowest BCUT2D eigenvalue weighted by Crippen LogP contribution is -2.52. The quantitative estimate of drug-likeness (QED) is 0.363. The molecule has 3 aromatic carbocycles. The Morgan fingerprint density at radius 2 is 1.72 bits per heavy atom. The summed E-state index contributed by atoms with van der Waals surface area (Å²) < 4.78 is 38.3. The van der Waals surface area contributed by atoms with E-state index in [1.807, 2.05) is 11.0 Å². The van der Waals surface area contributed by atoms with E-state index in [2.05, 4.69) is 10.3 Å². The summed E-state index contributed by atoms with van der Waals surface area (Å²) in [5.41, 5.74) is 2.13. The molecule has 1 fully saturated rings. The predicted molar refractivity (Wildman–Crippen MR) is 148 cm³/mol. The number of aromatic amines is 1. The van der Waals surface area contributed by atoms with Gasteiger partial charge in [-0.25, -0.2) is 12.8 Å². The first kappa shape index (κ1) is 26.7. The van der Waals surface area contributed by atoms with Gasteiger partial charge in [-0.2, -0.15) is 0 Å². The van der Waals surface area contributed by atoms with E-state index in [1.165, 1.54) is 12.1 Å². The third-order valence-corrected chi connectivity index (χ3v) is 8.24. The zero-order valence-electron chi connectivity index (χ0n) is 21.0. The molecule has 4 aromatic rings. The summed E-state index contributed by atoms with van der Waals surface area (Å²) in [6.07, 6.45) is 2.69. The molecule has 2 heterocycles. The van der Waals surface area contributed by atoms with Crippen LogP contribution in [-0.4, -0.2) is 62.6 Å². The Morgan fingerprint density at radius 1 is 1.00 bits per heavy atom. The highest BCUT2D eigenvalue weighted by atomic mass is 35.5. The van der Waals surface area contributed by atoms with E-state index in [-0.39, 0.29) is 10.8 Å². The molecule has 0 radical (unpaired) electrons. The van der Waals surface area contributed by atoms with Crippen molar-refractivity contribution in [3.05, 3.63) is 94.9 Å². The summed E-state index contributed by atoms with van der Waals surface area (Å²) in [6, 6.07) is 16.8. The molecular formula is C28H26ClFN4O4S. The molecule has 5 rings (SSSR count). The van der Waals surface area contributed by atoms with Crippen LogP contribution in [0.5, 0.6) is 0 Å². The van der Waals surface area contributed by atoms with Crippen LogP contribution in [0.4, 0.5) is 10.1 Å². The lowest BCUT2D eigenvalue weighted by Gasteiger charge is -2.38. The lowest BCUT2D eigenvalue weighted by molar-refractivity contribution is -0.133. The van der Waals surface area contributed by atoms with Gasteiger partial charge in [0.05, 0.1) is 15.6 Å². The fourth-order valence-electron chi connectivity index (χ4n) is 4.78. The topological polar surface area (TPSA) is 103 Å². The highest BCUT2D eigenvalue weighted by molar-refractivity contribution is 7.90. The number of nitrogens with zero attached hydrogens (tertiary/aromatic N) is 2. The number of H-pyrrole nitrogens is 1. The molecule has 1 aliphatic heterocycles. The summed E-state index contributed by atoms with van der Waals surface area (Å²) in [7, 11) is -3.66. The number of aromatic nitrogens is 1. The number of sulfone groups is 1. The van der Waals surface area contributed by atoms with Gasteiger partial charge in [0.15, 0.2) is 9.84 Å². The molecule has 39 heavy (non-hydrogen) atoms. The largest absolute Gasteiger partial charge is 0.367 e. The summed E-state index contributed by atoms with van der Waals surface area (Å²) in [4.78, 5) is 33.4. The molecule has 0 unspecified atom stereocenters. The van der Waals surface area contributed by atoms with Crippen molar-refractivity contribution < 1.29 is 22.4 Å². The van der Waals surface area contributed by atoms with Crippen molar-refractivity contribution in [2.24, 2.45) is 0 Å². The van der Waals surface area contributed by atoms with Gasteiger partial charge in [0.25, 0.3) is 5.91 Å². The van der Waals surface area contributed by atoms with Gasteiger partial charge < -0.3 is 20.1 Å². The first-order valence-electron chi connectivity index (χ1n) is 12.3. The Labute approximate surface area is 230 Å². The normalized spacial score (nSPS) is 14.8. The second kappa shape index (κ2) is 10.7. The number of piperazine rings is 1. The average molecular weight is 569 g/mol. The number of rotatable bonds is 6. The number of hydrogen-bond donors (Lipinski definition) is 2. The van der Waals surface area contributed by atoms with Gasteiger partial charge in [-0.3, -0.25) is 9.59 Å². The SMILES string of the molecule is CS(=O)(=O)c1cc(F)ccc1N1CCN(C(=O)[C@H](NC(=O)c2ccc3c(Cl)c[nH]c3c2)c2ccccc2)CC1. The molecular weight excluding hydrogens is 543 g/mol. The molecule has 0 saturated carbocycles. The molecule has 1 atom stereocenters. The van der Waals surface area contributed by atoms with Crippen molar-refractivity contribution in [2.75, 3.05) is 37.3 Å². The summed E-state index contributed by atoms with van der Waals surface area (Å²) >= 11 is 6.15. The van der Waals surface area contributed by atoms with E-state index < -0.39 is 27.6 Å². The van der Waals surface area contributed by atoms with Crippen LogP contribution >= 0.6 is 11.6 Å². The van der Waals surface area contributed by atoms with Gasteiger partial charge in [0, 0.05) is 55.1 Å². The number of benzene rings is 3. The van der Waals surface area contributed by atoms with E-state index in [0.29, 0.717) is 53.5 Å². The minimum Gasteiger partial charge on any atom is -0.367 e. The first-order valence-corrected chi connectivity index (χ1v) is 14.5. The van der Waals surface area contributed by atoms with Crippen LogP contribution in [0.1, 0.15) is 22.0 Å². The molecule has 1 aromatic heterocycles. The third kappa shape index (κ3) is 5.62. The lowest BCUT2D eigenvalue weighted by atomic mass is 10.0. The first-order chi connectivity index (χ1) is 18.6. The smallest absolute Gasteiger partial charge is 0.252 e. The second-order valence-corrected chi connectivity index (χ2v) is 11.8. The molecule has 0 bridgehead atoms. The molecule has 2 N–H and O–H groups in total. The van der Waals surface area contributed by atoms with Crippen molar-refractivity contribution in [2.45, 2.75) is 10.9 Å². The molecule has 1 aliphatic rings. The predicted octanol–water partition coefficient (Wildman–Crippen LogP) is 4.18. The Kier molecular flexibility index (Phi) is 7.33. The van der Waals surface area contributed by atoms with E-state index in [9.17, 15) is 22.4 Å². The van der Waals surface area contributed by atoms with Crippen LogP contribution in [0.2, 0.25) is 5.02 Å². The summed E-state index contributed by atoms with van der Waals surface area (Å²) in [6.45, 7) is 1.29. The van der Waals surface area contributed by atoms with Crippen LogP contribution in [0.25, 0.3) is 10.9 Å². The standard InChI is InChI=1S/C28H26ClFN4O4S/c1-39(37,38)25-16-20(30)8-10-24(25)33-11-13-34(14-12-33)28(36)26(18-5-3-2-4-6-18)32-27(35)19-7-9-21-22(29)17-31-23(21)15-19/h2-10,15-17,26,31H,11-14H2,1H3,(H,32,35)/t26-/m1/s1. The fraction of sp³-hybridized carbons (Fsp3) is 0.214. The van der Waals surface area contributed by atoms with Crippen LogP contribution in [0, 0.1) is 5.82 Å². The molecule has 2 amide bonds. The minimum atomic E-state index is -3.66. The van der Waals surface area contributed by atoms with Crippen molar-refractivity contribution in [1.29, 1.82) is 0 Å². The highest BCUT2D eigenvalue weighted by Crippen LogP contribution is 2.28. The third-order valence-electron chi connectivity index (χ3n) is 6.80. The molecule has 0 aliphatic carbocycles. The summed E-state index contributed by atoms with van der Waals surface area (Å²) in [5.74, 6) is -1.32. The number of amides is 2. The summed E-state index contributed by atoms with van der Waals surface area (Å²) in [5, 5.41) is 4.23. The van der Waals surface area contributed by atoms with Crippen molar-refractivity contribution >= 4 is 49.8 Å². The van der Waals surface area contributed by atoms with Crippen LogP contribution in [0.3, 0.4) is 0 Å². The van der Waals surface area contributed by atoms with E-state index in [4.69, 9.17) is 11.6 Å². The van der Waals surface area contributed by atoms with Gasteiger partial charge >= 0.3 is 0 Å². The number of carbonyl (C=O) groups excluding carboxylic acids is 2. The molecule has 11 heteroatoms. The molecule has 8 nitrogen and oxygen atoms in total. The minimum absolute atomic E-state index is 0.0861. The zero-order chi connectivity index (χ0) is 27.7.